The van der Waals surface area contributed by atoms with Gasteiger partial charge in [-0.05, 0) is 29.8 Å². The van der Waals surface area contributed by atoms with E-state index in [-0.39, 0.29) is 0 Å². The number of hydrogen-bond acceptors (Lipinski definition) is 4. The Labute approximate surface area is 170 Å². The lowest BCUT2D eigenvalue weighted by atomic mass is 10.1. The summed E-state index contributed by atoms with van der Waals surface area (Å²) in [4.78, 5) is 4.90. The van der Waals surface area contributed by atoms with Gasteiger partial charge in [-0.1, -0.05) is 75.7 Å². The molecule has 0 aliphatic heterocycles. The Hall–Kier alpha value is -3.25. The lowest BCUT2D eigenvalue weighted by Crippen LogP contribution is -2.04. The van der Waals surface area contributed by atoms with Crippen molar-refractivity contribution in [3.05, 3.63) is 88.9 Å². The summed E-state index contributed by atoms with van der Waals surface area (Å²) in [6, 6.07) is 26.4. The number of nitrogens with zero attached hydrogens (tertiary/aromatic N) is 4. The fraction of sp³-hybridized carbons (Fsp3) is 0.0455. The molecule has 2 aromatic heterocycles. The van der Waals surface area contributed by atoms with Crippen LogP contribution in [0.1, 0.15) is 5.56 Å². The summed E-state index contributed by atoms with van der Waals surface area (Å²) in [6.07, 6.45) is 0. The van der Waals surface area contributed by atoms with Crippen LogP contribution in [-0.4, -0.2) is 19.8 Å². The molecule has 1 N–H and O–H groups in total. The number of para-hydroxylation sites is 1. The molecule has 0 spiro atoms. The third-order valence-corrected chi connectivity index (χ3v) is 5.15. The SMILES string of the molecule is Brc1cccc(-c2nnn3c2nc(NCc2ccccc2)c2ccccc23)c1. The monoisotopic (exact) mass is 429 g/mol. The fourth-order valence-corrected chi connectivity index (χ4v) is 3.70. The summed E-state index contributed by atoms with van der Waals surface area (Å²) in [5, 5.41) is 13.3. The maximum atomic E-state index is 4.90. The average molecular weight is 430 g/mol. The van der Waals surface area contributed by atoms with Gasteiger partial charge in [0.1, 0.15) is 11.5 Å². The molecule has 0 aliphatic carbocycles. The summed E-state index contributed by atoms with van der Waals surface area (Å²) in [5.41, 5.74) is 4.63. The molecule has 0 atom stereocenters. The van der Waals surface area contributed by atoms with Gasteiger partial charge in [0.05, 0.1) is 5.52 Å². The molecule has 136 valence electrons. The van der Waals surface area contributed by atoms with Gasteiger partial charge in [-0.25, -0.2) is 4.98 Å². The van der Waals surface area contributed by atoms with Crippen molar-refractivity contribution in [2.24, 2.45) is 0 Å². The molecule has 0 bridgehead atoms. The first kappa shape index (κ1) is 16.9. The van der Waals surface area contributed by atoms with Crippen LogP contribution < -0.4 is 5.32 Å². The van der Waals surface area contributed by atoms with Crippen LogP contribution in [0.2, 0.25) is 0 Å². The first-order valence-corrected chi connectivity index (χ1v) is 9.77. The molecule has 0 amide bonds. The molecule has 5 aromatic rings. The number of anilines is 1. The molecule has 0 radical (unpaired) electrons. The first-order chi connectivity index (χ1) is 13.8. The minimum Gasteiger partial charge on any atom is -0.365 e. The van der Waals surface area contributed by atoms with Gasteiger partial charge >= 0.3 is 0 Å². The van der Waals surface area contributed by atoms with Gasteiger partial charge < -0.3 is 5.32 Å². The predicted molar refractivity (Wildman–Crippen MR) is 115 cm³/mol. The molecule has 3 aromatic carbocycles. The van der Waals surface area contributed by atoms with Crippen molar-refractivity contribution >= 4 is 38.3 Å². The van der Waals surface area contributed by atoms with Crippen molar-refractivity contribution in [2.45, 2.75) is 6.54 Å². The van der Waals surface area contributed by atoms with Crippen molar-refractivity contribution in [1.29, 1.82) is 0 Å². The molecule has 28 heavy (non-hydrogen) atoms. The zero-order valence-corrected chi connectivity index (χ0v) is 16.5. The van der Waals surface area contributed by atoms with E-state index >= 15 is 0 Å². The van der Waals surface area contributed by atoms with Crippen LogP contribution in [0.15, 0.2) is 83.3 Å². The number of rotatable bonds is 4. The third-order valence-electron chi connectivity index (χ3n) is 4.65. The predicted octanol–water partition coefficient (Wildman–Crippen LogP) is 5.32. The molecule has 0 aliphatic rings. The molecule has 5 rings (SSSR count). The molecule has 0 fully saturated rings. The van der Waals surface area contributed by atoms with Crippen LogP contribution in [0.4, 0.5) is 5.82 Å². The third kappa shape index (κ3) is 3.01. The van der Waals surface area contributed by atoms with Crippen LogP contribution in [0.5, 0.6) is 0 Å². The highest BCUT2D eigenvalue weighted by Gasteiger charge is 2.15. The highest BCUT2D eigenvalue weighted by molar-refractivity contribution is 9.10. The molecule has 5 nitrogen and oxygen atoms in total. The molecule has 0 saturated heterocycles. The van der Waals surface area contributed by atoms with Gasteiger partial charge in [-0.15, -0.1) is 5.10 Å². The van der Waals surface area contributed by atoms with Gasteiger partial charge in [0, 0.05) is 22.0 Å². The standard InChI is InChI=1S/C22H16BrN5/c23-17-10-6-9-16(13-17)20-22-25-21(24-14-15-7-2-1-3-8-15)18-11-4-5-12-19(18)28(22)27-26-20/h1-13H,14H2,(H,24,25). The maximum Gasteiger partial charge on any atom is 0.186 e. The lowest BCUT2D eigenvalue weighted by molar-refractivity contribution is 0.876. The van der Waals surface area contributed by atoms with Crippen LogP contribution >= 0.6 is 15.9 Å². The summed E-state index contributed by atoms with van der Waals surface area (Å²) >= 11 is 3.53. The second-order valence-electron chi connectivity index (χ2n) is 6.50. The van der Waals surface area contributed by atoms with Crippen LogP contribution in [0.25, 0.3) is 27.8 Å². The van der Waals surface area contributed by atoms with Crippen molar-refractivity contribution in [3.8, 4) is 11.3 Å². The smallest absolute Gasteiger partial charge is 0.186 e. The van der Waals surface area contributed by atoms with Crippen LogP contribution in [0.3, 0.4) is 0 Å². The largest absolute Gasteiger partial charge is 0.365 e. The molecule has 6 heteroatoms. The molecule has 0 saturated carbocycles. The summed E-state index contributed by atoms with van der Waals surface area (Å²) < 4.78 is 2.80. The van der Waals surface area contributed by atoms with Gasteiger partial charge in [-0.3, -0.25) is 0 Å². The van der Waals surface area contributed by atoms with E-state index in [0.29, 0.717) is 6.54 Å². The summed E-state index contributed by atoms with van der Waals surface area (Å²) in [5.74, 6) is 0.825. The number of hydrogen-bond donors (Lipinski definition) is 1. The molecular weight excluding hydrogens is 414 g/mol. The van der Waals surface area contributed by atoms with Gasteiger partial charge in [0.2, 0.25) is 0 Å². The number of benzene rings is 3. The average Bonchev–Trinajstić information content (AvgIpc) is 3.17. The minimum atomic E-state index is 0.696. The number of nitrogens with one attached hydrogen (secondary N) is 1. The zero-order chi connectivity index (χ0) is 18.9. The van der Waals surface area contributed by atoms with E-state index in [1.807, 2.05) is 60.7 Å². The normalized spacial score (nSPS) is 11.2. The number of aromatic nitrogens is 4. The van der Waals surface area contributed by atoms with E-state index < -0.39 is 0 Å². The van der Waals surface area contributed by atoms with Gasteiger partial charge in [0.15, 0.2) is 5.65 Å². The summed E-state index contributed by atoms with van der Waals surface area (Å²) in [7, 11) is 0. The Morgan fingerprint density at radius 1 is 0.893 bits per heavy atom. The fourth-order valence-electron chi connectivity index (χ4n) is 3.30. The number of fused-ring (bicyclic) bond motifs is 3. The minimum absolute atomic E-state index is 0.696. The second kappa shape index (κ2) is 7.05. The van der Waals surface area contributed by atoms with E-state index in [1.165, 1.54) is 5.56 Å². The highest BCUT2D eigenvalue weighted by atomic mass is 79.9. The van der Waals surface area contributed by atoms with Gasteiger partial charge in [-0.2, -0.15) is 4.52 Å². The topological polar surface area (TPSA) is 55.1 Å². The summed E-state index contributed by atoms with van der Waals surface area (Å²) in [6.45, 7) is 0.696. The van der Waals surface area contributed by atoms with Crippen molar-refractivity contribution in [2.75, 3.05) is 5.32 Å². The Balaban J connectivity index is 1.67. The second-order valence-corrected chi connectivity index (χ2v) is 7.42. The van der Waals surface area contributed by atoms with Crippen molar-refractivity contribution < 1.29 is 0 Å². The zero-order valence-electron chi connectivity index (χ0n) is 14.9. The van der Waals surface area contributed by atoms with E-state index in [1.54, 1.807) is 4.52 Å². The van der Waals surface area contributed by atoms with Crippen molar-refractivity contribution in [3.63, 3.8) is 0 Å². The first-order valence-electron chi connectivity index (χ1n) is 8.97. The van der Waals surface area contributed by atoms with Crippen LogP contribution in [-0.2, 0) is 6.54 Å². The molecule has 0 unspecified atom stereocenters. The van der Waals surface area contributed by atoms with E-state index in [9.17, 15) is 0 Å². The van der Waals surface area contributed by atoms with E-state index in [2.05, 4.69) is 49.8 Å². The number of halogens is 1. The maximum absolute atomic E-state index is 4.90. The molecular formula is C22H16BrN5. The van der Waals surface area contributed by atoms with E-state index in [4.69, 9.17) is 4.98 Å². The lowest BCUT2D eigenvalue weighted by Gasteiger charge is -2.10. The Morgan fingerprint density at radius 2 is 1.71 bits per heavy atom. The van der Waals surface area contributed by atoms with Crippen LogP contribution in [0, 0.1) is 0 Å². The molecule has 2 heterocycles. The Kier molecular flexibility index (Phi) is 4.25. The quantitative estimate of drug-likeness (QED) is 0.420. The highest BCUT2D eigenvalue weighted by Crippen LogP contribution is 2.29. The van der Waals surface area contributed by atoms with E-state index in [0.717, 1.165) is 38.1 Å². The Bertz CT molecular complexity index is 1280. The van der Waals surface area contributed by atoms with Crippen molar-refractivity contribution in [1.82, 2.24) is 19.8 Å². The van der Waals surface area contributed by atoms with Gasteiger partial charge in [0.25, 0.3) is 0 Å². The Morgan fingerprint density at radius 3 is 2.57 bits per heavy atom.